The Balaban J connectivity index is 1.55. The highest BCUT2D eigenvalue weighted by molar-refractivity contribution is 5.89. The number of aliphatic carboxylic acids is 2. The number of phenolic OH excluding ortho intramolecular Hbond substituents is 1. The minimum absolute atomic E-state index is 0.0813. The average molecular weight is 506 g/mol. The molecule has 0 amide bonds. The molecule has 1 aromatic carbocycles. The number of nitrogens with one attached hydrogen (secondary N) is 1. The third-order valence-corrected chi connectivity index (χ3v) is 6.80. The van der Waals surface area contributed by atoms with Crippen LogP contribution in [0.4, 0.5) is 5.69 Å². The zero-order valence-electron chi connectivity index (χ0n) is 19.2. The highest BCUT2D eigenvalue weighted by Crippen LogP contribution is 2.39. The van der Waals surface area contributed by atoms with Crippen LogP contribution in [0.25, 0.3) is 0 Å². The first kappa shape index (κ1) is 25.6. The summed E-state index contributed by atoms with van der Waals surface area (Å²) in [6.45, 7) is 0.148. The number of fused-ring (bicyclic) bond motifs is 1. The van der Waals surface area contributed by atoms with Gasteiger partial charge >= 0.3 is 11.9 Å². The smallest absolute Gasteiger partial charge is 0.351 e. The molecule has 3 aliphatic rings. The summed E-state index contributed by atoms with van der Waals surface area (Å²) in [5, 5.41) is 71.4. The Kier molecular flexibility index (Phi) is 7.31. The van der Waals surface area contributed by atoms with E-state index in [4.69, 9.17) is 4.74 Å². The highest BCUT2D eigenvalue weighted by Gasteiger charge is 2.44. The number of aliphatic hydroxyl groups excluding tert-OH is 4. The number of ether oxygens (including phenoxy) is 1. The van der Waals surface area contributed by atoms with Crippen molar-refractivity contribution in [2.75, 3.05) is 13.2 Å². The lowest BCUT2D eigenvalue weighted by Gasteiger charge is -2.39. The molecule has 8 N–H and O–H groups in total. The lowest BCUT2D eigenvalue weighted by atomic mass is 9.81. The minimum atomic E-state index is -1.50. The molecule has 0 spiro atoms. The molecular weight excluding hydrogens is 476 g/mol. The first-order valence-electron chi connectivity index (χ1n) is 11.5. The van der Waals surface area contributed by atoms with Crippen LogP contribution >= 0.6 is 0 Å². The summed E-state index contributed by atoms with van der Waals surface area (Å²) >= 11 is 0. The lowest BCUT2D eigenvalue weighted by Crippen LogP contribution is -2.56. The fourth-order valence-corrected chi connectivity index (χ4v) is 4.75. The number of nitrogens with zero attached hydrogens (tertiary/aromatic N) is 1. The summed E-state index contributed by atoms with van der Waals surface area (Å²) in [5.41, 5.74) is 1.82. The molecule has 0 radical (unpaired) electrons. The van der Waals surface area contributed by atoms with Gasteiger partial charge in [-0.2, -0.15) is 4.58 Å². The predicted octanol–water partition coefficient (Wildman–Crippen LogP) is -1.15. The molecule has 6 atom stereocenters. The summed E-state index contributed by atoms with van der Waals surface area (Å²) in [6, 6.07) is 2.05. The van der Waals surface area contributed by atoms with Crippen molar-refractivity contribution in [3.8, 4) is 11.5 Å². The van der Waals surface area contributed by atoms with Gasteiger partial charge in [-0.3, -0.25) is 0 Å². The maximum atomic E-state index is 11.4. The van der Waals surface area contributed by atoms with Crippen molar-refractivity contribution in [1.29, 1.82) is 0 Å². The normalized spacial score (nSPS) is 32.1. The van der Waals surface area contributed by atoms with E-state index in [-0.39, 0.29) is 30.0 Å². The Morgan fingerprint density at radius 3 is 2.56 bits per heavy atom. The number of benzene rings is 1. The summed E-state index contributed by atoms with van der Waals surface area (Å²) in [7, 11) is 0. The standard InChI is InChI=1S/C24H28N2O10/c27-10-13-8-19(21(30)22(31)20(13)29)36-18-7-12-2-4-26(16(12)9-17(18)28)3-1-11-5-14(23(32)33)25-15(6-11)24(34)35/h1,3,5,7,9,13,15,19-22,27,29-31H,2,4,6,8,10H2,(H3,28,32,33,34,35)/p+1/t13?,15-,19?,20?,21?,22?/m0/s1. The molecule has 36 heavy (non-hydrogen) atoms. The van der Waals surface area contributed by atoms with Gasteiger partial charge in [0.25, 0.3) is 0 Å². The molecule has 194 valence electrons. The molecule has 1 saturated carbocycles. The number of carboxylic acids is 2. The second kappa shape index (κ2) is 10.3. The molecule has 0 saturated heterocycles. The largest absolute Gasteiger partial charge is 0.504 e. The molecule has 1 aliphatic carbocycles. The summed E-state index contributed by atoms with van der Waals surface area (Å²) in [4.78, 5) is 22.7. The monoisotopic (exact) mass is 505 g/mol. The number of carbonyl (C=O) groups is 2. The Morgan fingerprint density at radius 1 is 1.14 bits per heavy atom. The third kappa shape index (κ3) is 5.07. The maximum absolute atomic E-state index is 11.4. The van der Waals surface area contributed by atoms with E-state index in [1.807, 2.05) is 4.58 Å². The van der Waals surface area contributed by atoms with Crippen LogP contribution in [-0.4, -0.2) is 102 Å². The van der Waals surface area contributed by atoms with Crippen LogP contribution in [-0.2, 0) is 16.0 Å². The summed E-state index contributed by atoms with van der Waals surface area (Å²) < 4.78 is 7.61. The van der Waals surface area contributed by atoms with Crippen LogP contribution in [0.2, 0.25) is 0 Å². The molecule has 2 aliphatic heterocycles. The molecule has 1 fully saturated rings. The van der Waals surface area contributed by atoms with Crippen molar-refractivity contribution in [2.24, 2.45) is 5.92 Å². The number of carboxylic acid groups (broad SMARTS) is 2. The number of hydrogen-bond acceptors (Lipinski definition) is 9. The van der Waals surface area contributed by atoms with Gasteiger partial charge in [-0.05, 0) is 24.1 Å². The van der Waals surface area contributed by atoms with Crippen molar-refractivity contribution in [1.82, 2.24) is 5.32 Å². The van der Waals surface area contributed by atoms with E-state index in [9.17, 15) is 45.3 Å². The first-order valence-corrected chi connectivity index (χ1v) is 11.5. The van der Waals surface area contributed by atoms with E-state index in [1.54, 1.807) is 18.4 Å². The van der Waals surface area contributed by atoms with E-state index >= 15 is 0 Å². The fraction of sp³-hybridized carbons (Fsp3) is 0.458. The Morgan fingerprint density at radius 2 is 1.89 bits per heavy atom. The van der Waals surface area contributed by atoms with Gasteiger partial charge in [0.05, 0.1) is 12.2 Å². The van der Waals surface area contributed by atoms with Crippen LogP contribution in [0.5, 0.6) is 11.5 Å². The van der Waals surface area contributed by atoms with Gasteiger partial charge in [-0.15, -0.1) is 0 Å². The molecular formula is C24H29N2O10+. The number of phenols is 1. The SMILES string of the molecule is O=C(O)C1=C/C(=C/C=[N+]2CCc3cc(OC4CC(CO)C(O)C(O)C4O)c(O)cc32)C[C@@H](C(=O)O)N1. The van der Waals surface area contributed by atoms with E-state index in [2.05, 4.69) is 5.32 Å². The molecule has 5 unspecified atom stereocenters. The van der Waals surface area contributed by atoms with E-state index in [0.717, 1.165) is 5.56 Å². The van der Waals surface area contributed by atoms with Crippen LogP contribution < -0.4 is 10.1 Å². The van der Waals surface area contributed by atoms with Crippen LogP contribution in [0.3, 0.4) is 0 Å². The second-order valence-corrected chi connectivity index (χ2v) is 9.19. The average Bonchev–Trinajstić information content (AvgIpc) is 3.24. The van der Waals surface area contributed by atoms with Crippen molar-refractivity contribution >= 4 is 23.8 Å². The highest BCUT2D eigenvalue weighted by atomic mass is 16.5. The number of hydrogen-bond donors (Lipinski definition) is 8. The molecule has 0 aromatic heterocycles. The van der Waals surface area contributed by atoms with Gasteiger partial charge in [0.15, 0.2) is 24.3 Å². The minimum Gasteiger partial charge on any atom is -0.504 e. The fourth-order valence-electron chi connectivity index (χ4n) is 4.75. The summed E-state index contributed by atoms with van der Waals surface area (Å²) in [5.74, 6) is -3.22. The van der Waals surface area contributed by atoms with E-state index < -0.39 is 54.9 Å². The first-order chi connectivity index (χ1) is 17.1. The van der Waals surface area contributed by atoms with E-state index in [1.165, 1.54) is 12.1 Å². The predicted molar refractivity (Wildman–Crippen MR) is 123 cm³/mol. The number of rotatable bonds is 6. The topological polar surface area (TPSA) is 200 Å². The lowest BCUT2D eigenvalue weighted by molar-refractivity contribution is -0.423. The molecule has 12 nitrogen and oxygen atoms in total. The zero-order valence-corrected chi connectivity index (χ0v) is 19.2. The van der Waals surface area contributed by atoms with Crippen molar-refractivity contribution < 1.29 is 54.6 Å². The molecule has 0 bridgehead atoms. The van der Waals surface area contributed by atoms with Gasteiger partial charge in [-0.1, -0.05) is 0 Å². The van der Waals surface area contributed by atoms with Crippen molar-refractivity contribution in [2.45, 2.75) is 49.7 Å². The molecule has 2 heterocycles. The molecule has 1 aromatic rings. The maximum Gasteiger partial charge on any atom is 0.351 e. The van der Waals surface area contributed by atoms with Gasteiger partial charge in [0, 0.05) is 37.0 Å². The van der Waals surface area contributed by atoms with Crippen LogP contribution in [0.1, 0.15) is 18.4 Å². The quantitative estimate of drug-likeness (QED) is 0.217. The Bertz CT molecular complexity index is 1140. The zero-order chi connectivity index (χ0) is 26.1. The van der Waals surface area contributed by atoms with Crippen LogP contribution in [0.15, 0.2) is 35.6 Å². The number of aliphatic hydroxyl groups is 4. The second-order valence-electron chi connectivity index (χ2n) is 9.19. The molecule has 4 rings (SSSR count). The molecule has 12 heteroatoms. The van der Waals surface area contributed by atoms with Gasteiger partial charge in [-0.25, -0.2) is 9.59 Å². The number of allylic oxidation sites excluding steroid dienone is 2. The number of aromatic hydroxyl groups is 1. The Hall–Kier alpha value is -3.45. The Labute approximate surface area is 205 Å². The van der Waals surface area contributed by atoms with Gasteiger partial charge in [0.1, 0.15) is 30.1 Å². The van der Waals surface area contributed by atoms with Gasteiger partial charge in [0.2, 0.25) is 5.69 Å². The van der Waals surface area contributed by atoms with Gasteiger partial charge < -0.3 is 45.8 Å². The van der Waals surface area contributed by atoms with E-state index in [0.29, 0.717) is 24.2 Å². The van der Waals surface area contributed by atoms with Crippen molar-refractivity contribution in [3.63, 3.8) is 0 Å². The summed E-state index contributed by atoms with van der Waals surface area (Å²) in [6.07, 6.45) is 0.334. The van der Waals surface area contributed by atoms with Crippen LogP contribution in [0, 0.1) is 5.92 Å². The third-order valence-electron chi connectivity index (χ3n) is 6.80. The van der Waals surface area contributed by atoms with Crippen molar-refractivity contribution in [3.05, 3.63) is 41.1 Å².